The highest BCUT2D eigenvalue weighted by molar-refractivity contribution is 7.92. The van der Waals surface area contributed by atoms with Crippen LogP contribution in [0.3, 0.4) is 0 Å². The summed E-state index contributed by atoms with van der Waals surface area (Å²) in [6.45, 7) is 9.89. The highest BCUT2D eigenvalue weighted by Gasteiger charge is 2.28. The molecule has 1 aromatic rings. The maximum atomic E-state index is 14.0. The van der Waals surface area contributed by atoms with Crippen molar-refractivity contribution in [2.24, 2.45) is 5.41 Å². The molecule has 0 bridgehead atoms. The monoisotopic (exact) mass is 404 g/mol. The number of rotatable bonds is 8. The molecule has 0 atom stereocenters. The Morgan fingerprint density at radius 2 is 1.63 bits per heavy atom. The quantitative estimate of drug-likeness (QED) is 0.716. The molecule has 8 heteroatoms. The molecular formula is C19H30F2N2O3S. The summed E-state index contributed by atoms with van der Waals surface area (Å²) in [7, 11) is -3.90. The molecule has 0 heterocycles. The van der Waals surface area contributed by atoms with E-state index in [-0.39, 0.29) is 30.7 Å². The molecule has 1 aromatic carbocycles. The molecule has 5 nitrogen and oxygen atoms in total. The van der Waals surface area contributed by atoms with Crippen molar-refractivity contribution in [3.63, 3.8) is 0 Å². The molecular weight excluding hydrogens is 374 g/mol. The van der Waals surface area contributed by atoms with Crippen LogP contribution in [0.5, 0.6) is 0 Å². The molecule has 1 N–H and O–H groups in total. The van der Waals surface area contributed by atoms with Crippen molar-refractivity contribution >= 4 is 21.6 Å². The third-order valence-corrected chi connectivity index (χ3v) is 4.97. The fourth-order valence-electron chi connectivity index (χ4n) is 3.36. The standard InChI is InChI=1S/C19H30F2N2O3S/c1-18(2,3)13-19(4,5)22-16(24)11-8-12-23(27(6,25)26)17-14(20)9-7-10-15(17)21/h7,9-10H,8,11-13H2,1-6H3,(H,22,24). The summed E-state index contributed by atoms with van der Waals surface area (Å²) in [6.07, 6.45) is 1.83. The lowest BCUT2D eigenvalue weighted by Crippen LogP contribution is -2.46. The van der Waals surface area contributed by atoms with Gasteiger partial charge in [-0.3, -0.25) is 9.10 Å². The number of nitrogens with one attached hydrogen (secondary N) is 1. The van der Waals surface area contributed by atoms with E-state index in [0.29, 0.717) is 4.31 Å². The van der Waals surface area contributed by atoms with Crippen molar-refractivity contribution in [3.8, 4) is 0 Å². The summed E-state index contributed by atoms with van der Waals surface area (Å²) in [6, 6.07) is 3.16. The normalized spacial score (nSPS) is 12.7. The SMILES string of the molecule is CC(C)(C)CC(C)(C)NC(=O)CCCN(c1c(F)cccc1F)S(C)(=O)=O. The Hall–Kier alpha value is -1.70. The van der Waals surface area contributed by atoms with E-state index in [1.807, 2.05) is 13.8 Å². The largest absolute Gasteiger partial charge is 0.351 e. The average molecular weight is 405 g/mol. The van der Waals surface area contributed by atoms with Crippen molar-refractivity contribution in [2.45, 2.75) is 59.4 Å². The van der Waals surface area contributed by atoms with Gasteiger partial charge in [-0.1, -0.05) is 26.8 Å². The molecule has 0 aliphatic heterocycles. The van der Waals surface area contributed by atoms with Gasteiger partial charge in [0.2, 0.25) is 15.9 Å². The topological polar surface area (TPSA) is 66.5 Å². The van der Waals surface area contributed by atoms with Gasteiger partial charge in [0, 0.05) is 18.5 Å². The van der Waals surface area contributed by atoms with Crippen molar-refractivity contribution in [2.75, 3.05) is 17.1 Å². The highest BCUT2D eigenvalue weighted by atomic mass is 32.2. The zero-order chi connectivity index (χ0) is 21.0. The number of carbonyl (C=O) groups excluding carboxylic acids is 1. The smallest absolute Gasteiger partial charge is 0.232 e. The van der Waals surface area contributed by atoms with Gasteiger partial charge in [-0.25, -0.2) is 17.2 Å². The number of amides is 1. The Morgan fingerprint density at radius 3 is 2.07 bits per heavy atom. The number of nitrogens with zero attached hydrogens (tertiary/aromatic N) is 1. The Bertz CT molecular complexity index is 751. The van der Waals surface area contributed by atoms with E-state index in [2.05, 4.69) is 26.1 Å². The number of para-hydroxylation sites is 1. The number of halogens is 2. The van der Waals surface area contributed by atoms with E-state index in [1.54, 1.807) is 0 Å². The van der Waals surface area contributed by atoms with Crippen molar-refractivity contribution in [1.82, 2.24) is 5.32 Å². The van der Waals surface area contributed by atoms with Crippen LogP contribution in [0.15, 0.2) is 18.2 Å². The first-order valence-corrected chi connectivity index (χ1v) is 10.7. The minimum Gasteiger partial charge on any atom is -0.351 e. The van der Waals surface area contributed by atoms with Crippen LogP contribution in [0.1, 0.15) is 53.9 Å². The first-order chi connectivity index (χ1) is 12.1. The molecule has 0 aliphatic rings. The minimum atomic E-state index is -3.90. The Balaban J connectivity index is 2.78. The van der Waals surface area contributed by atoms with Crippen molar-refractivity contribution in [3.05, 3.63) is 29.8 Å². The van der Waals surface area contributed by atoms with E-state index in [1.165, 1.54) is 6.07 Å². The minimum absolute atomic E-state index is 0.0340. The predicted octanol–water partition coefficient (Wildman–Crippen LogP) is 3.84. The van der Waals surface area contributed by atoms with Gasteiger partial charge in [-0.2, -0.15) is 0 Å². The Labute approximate surface area is 161 Å². The molecule has 0 spiro atoms. The summed E-state index contributed by atoms with van der Waals surface area (Å²) < 4.78 is 52.6. The molecule has 0 saturated heterocycles. The molecule has 1 rings (SSSR count). The molecule has 1 amide bonds. The second-order valence-electron chi connectivity index (χ2n) is 8.68. The first-order valence-electron chi connectivity index (χ1n) is 8.85. The maximum Gasteiger partial charge on any atom is 0.232 e. The van der Waals surface area contributed by atoms with Crippen LogP contribution < -0.4 is 9.62 Å². The second kappa shape index (κ2) is 8.54. The Kier molecular flexibility index (Phi) is 7.38. The fraction of sp³-hybridized carbons (Fsp3) is 0.632. The summed E-state index contributed by atoms with van der Waals surface area (Å²) in [5, 5.41) is 2.93. The molecule has 0 unspecified atom stereocenters. The van der Waals surface area contributed by atoms with Gasteiger partial charge in [0.05, 0.1) is 6.26 Å². The van der Waals surface area contributed by atoms with Crippen molar-refractivity contribution < 1.29 is 22.0 Å². The number of anilines is 1. The Morgan fingerprint density at radius 1 is 1.11 bits per heavy atom. The lowest BCUT2D eigenvalue weighted by Gasteiger charge is -2.33. The summed E-state index contributed by atoms with van der Waals surface area (Å²) in [5.74, 6) is -2.15. The number of carbonyl (C=O) groups is 1. The van der Waals surface area contributed by atoms with Crippen molar-refractivity contribution in [1.29, 1.82) is 0 Å². The highest BCUT2D eigenvalue weighted by Crippen LogP contribution is 2.27. The maximum absolute atomic E-state index is 14.0. The van der Waals surface area contributed by atoms with E-state index >= 15 is 0 Å². The van der Waals surface area contributed by atoms with Crippen LogP contribution in [0.4, 0.5) is 14.5 Å². The van der Waals surface area contributed by atoms with Crippen LogP contribution in [0, 0.1) is 17.0 Å². The summed E-state index contributed by atoms with van der Waals surface area (Å²) in [4.78, 5) is 12.2. The van der Waals surface area contributed by atoms with Gasteiger partial charge < -0.3 is 5.32 Å². The van der Waals surface area contributed by atoms with Gasteiger partial charge in [0.25, 0.3) is 0 Å². The molecule has 154 valence electrons. The number of sulfonamides is 1. The third kappa shape index (κ3) is 7.82. The van der Waals surface area contributed by atoms with Crippen LogP contribution in [0.25, 0.3) is 0 Å². The van der Waals surface area contributed by atoms with Crippen LogP contribution in [0.2, 0.25) is 0 Å². The van der Waals surface area contributed by atoms with Gasteiger partial charge in [-0.15, -0.1) is 0 Å². The van der Waals surface area contributed by atoms with E-state index in [4.69, 9.17) is 0 Å². The molecule has 27 heavy (non-hydrogen) atoms. The van der Waals surface area contributed by atoms with E-state index in [0.717, 1.165) is 24.8 Å². The lowest BCUT2D eigenvalue weighted by molar-refractivity contribution is -0.123. The average Bonchev–Trinajstić information content (AvgIpc) is 2.40. The predicted molar refractivity (Wildman–Crippen MR) is 104 cm³/mol. The number of hydrogen-bond acceptors (Lipinski definition) is 3. The van der Waals surface area contributed by atoms with Gasteiger partial charge in [-0.05, 0) is 44.2 Å². The van der Waals surface area contributed by atoms with E-state index < -0.39 is 32.9 Å². The van der Waals surface area contributed by atoms with Gasteiger partial charge in [0.15, 0.2) is 11.6 Å². The number of benzene rings is 1. The second-order valence-corrected chi connectivity index (χ2v) is 10.6. The lowest BCUT2D eigenvalue weighted by atomic mass is 9.82. The zero-order valence-electron chi connectivity index (χ0n) is 16.9. The van der Waals surface area contributed by atoms with Gasteiger partial charge >= 0.3 is 0 Å². The fourth-order valence-corrected chi connectivity index (χ4v) is 4.33. The molecule has 0 aromatic heterocycles. The summed E-state index contributed by atoms with van der Waals surface area (Å²) in [5.41, 5.74) is -0.996. The zero-order valence-corrected chi connectivity index (χ0v) is 17.7. The third-order valence-electron chi connectivity index (χ3n) is 3.80. The molecule has 0 fully saturated rings. The number of hydrogen-bond donors (Lipinski definition) is 1. The first kappa shape index (κ1) is 23.3. The molecule has 0 radical (unpaired) electrons. The molecule has 0 saturated carbocycles. The van der Waals surface area contributed by atoms with Crippen LogP contribution in [-0.4, -0.2) is 32.7 Å². The van der Waals surface area contributed by atoms with Gasteiger partial charge in [0.1, 0.15) is 5.69 Å². The van der Waals surface area contributed by atoms with E-state index in [9.17, 15) is 22.0 Å². The molecule has 0 aliphatic carbocycles. The summed E-state index contributed by atoms with van der Waals surface area (Å²) >= 11 is 0. The van der Waals surface area contributed by atoms with Crippen LogP contribution in [-0.2, 0) is 14.8 Å². The van der Waals surface area contributed by atoms with Crippen LogP contribution >= 0.6 is 0 Å².